The van der Waals surface area contributed by atoms with Crippen molar-refractivity contribution in [2.75, 3.05) is 19.5 Å². The van der Waals surface area contributed by atoms with Crippen LogP contribution in [0.5, 0.6) is 11.5 Å². The largest absolute Gasteiger partial charge is 0.493 e. The maximum atomic E-state index is 11.2. The summed E-state index contributed by atoms with van der Waals surface area (Å²) in [6.45, 7) is 0. The molecular weight excluding hydrogens is 362 g/mol. The first-order chi connectivity index (χ1) is 13.6. The van der Waals surface area contributed by atoms with E-state index in [4.69, 9.17) is 9.47 Å². The SMILES string of the molecule is COc1cccc([C@H]2C[C@@H](c3cccc([N+](=O)[O-])c3)Nc3ncnn32)c1OC. The molecule has 0 saturated carbocycles. The van der Waals surface area contributed by atoms with Crippen molar-refractivity contribution in [1.29, 1.82) is 0 Å². The minimum atomic E-state index is -0.391. The number of benzene rings is 2. The Hall–Kier alpha value is -3.62. The molecular formula is C19H19N5O4. The molecule has 2 aromatic carbocycles. The maximum absolute atomic E-state index is 11.2. The summed E-state index contributed by atoms with van der Waals surface area (Å²) >= 11 is 0. The Morgan fingerprint density at radius 3 is 2.79 bits per heavy atom. The summed E-state index contributed by atoms with van der Waals surface area (Å²) in [6, 6.07) is 12.0. The molecule has 0 saturated heterocycles. The molecule has 144 valence electrons. The third kappa shape index (κ3) is 3.00. The van der Waals surface area contributed by atoms with Crippen molar-refractivity contribution >= 4 is 11.6 Å². The number of aromatic nitrogens is 3. The van der Waals surface area contributed by atoms with Crippen LogP contribution >= 0.6 is 0 Å². The highest BCUT2D eigenvalue weighted by Crippen LogP contribution is 2.43. The van der Waals surface area contributed by atoms with Crippen molar-refractivity contribution in [2.45, 2.75) is 18.5 Å². The lowest BCUT2D eigenvalue weighted by Gasteiger charge is -2.32. The van der Waals surface area contributed by atoms with E-state index >= 15 is 0 Å². The summed E-state index contributed by atoms with van der Waals surface area (Å²) in [5.41, 5.74) is 1.78. The molecule has 1 aliphatic heterocycles. The third-order valence-electron chi connectivity index (χ3n) is 4.91. The van der Waals surface area contributed by atoms with Crippen LogP contribution in [0.15, 0.2) is 48.8 Å². The Morgan fingerprint density at radius 2 is 2.04 bits per heavy atom. The van der Waals surface area contributed by atoms with E-state index in [-0.39, 0.29) is 17.8 Å². The van der Waals surface area contributed by atoms with Gasteiger partial charge < -0.3 is 14.8 Å². The molecule has 9 nitrogen and oxygen atoms in total. The summed E-state index contributed by atoms with van der Waals surface area (Å²) in [6.07, 6.45) is 2.10. The van der Waals surface area contributed by atoms with Gasteiger partial charge in [-0.05, 0) is 18.1 Å². The van der Waals surface area contributed by atoms with Gasteiger partial charge in [0.2, 0.25) is 5.95 Å². The van der Waals surface area contributed by atoms with E-state index in [9.17, 15) is 10.1 Å². The van der Waals surface area contributed by atoms with E-state index in [1.807, 2.05) is 24.3 Å². The lowest BCUT2D eigenvalue weighted by Crippen LogP contribution is -2.28. The van der Waals surface area contributed by atoms with Crippen LogP contribution in [0.4, 0.5) is 11.6 Å². The molecule has 0 bridgehead atoms. The van der Waals surface area contributed by atoms with Crippen LogP contribution < -0.4 is 14.8 Å². The van der Waals surface area contributed by atoms with Crippen LogP contribution in [0, 0.1) is 10.1 Å². The fourth-order valence-corrected chi connectivity index (χ4v) is 3.63. The Labute approximate surface area is 161 Å². The van der Waals surface area contributed by atoms with Crippen molar-refractivity contribution in [3.05, 3.63) is 70.0 Å². The fourth-order valence-electron chi connectivity index (χ4n) is 3.63. The summed E-state index contributed by atoms with van der Waals surface area (Å²) in [4.78, 5) is 15.1. The molecule has 4 rings (SSSR count). The summed E-state index contributed by atoms with van der Waals surface area (Å²) in [7, 11) is 3.19. The monoisotopic (exact) mass is 381 g/mol. The van der Waals surface area contributed by atoms with Crippen LogP contribution in [0.3, 0.4) is 0 Å². The quantitative estimate of drug-likeness (QED) is 0.534. The van der Waals surface area contributed by atoms with Gasteiger partial charge in [-0.1, -0.05) is 24.3 Å². The van der Waals surface area contributed by atoms with Gasteiger partial charge in [-0.2, -0.15) is 10.1 Å². The molecule has 1 aliphatic rings. The van der Waals surface area contributed by atoms with E-state index in [0.717, 1.165) is 11.1 Å². The Balaban J connectivity index is 1.78. The van der Waals surface area contributed by atoms with E-state index in [1.165, 1.54) is 12.4 Å². The summed E-state index contributed by atoms with van der Waals surface area (Å²) in [5, 5.41) is 18.8. The van der Waals surface area contributed by atoms with Crippen molar-refractivity contribution < 1.29 is 14.4 Å². The molecule has 2 heterocycles. The van der Waals surface area contributed by atoms with Crippen molar-refractivity contribution in [1.82, 2.24) is 14.8 Å². The molecule has 0 aliphatic carbocycles. The van der Waals surface area contributed by atoms with Crippen LogP contribution in [-0.4, -0.2) is 33.9 Å². The number of nitrogens with zero attached hydrogens (tertiary/aromatic N) is 4. The molecule has 0 spiro atoms. The van der Waals surface area contributed by atoms with Crippen LogP contribution in [0.2, 0.25) is 0 Å². The Kier molecular flexibility index (Phi) is 4.56. The topological polar surface area (TPSA) is 104 Å². The minimum Gasteiger partial charge on any atom is -0.493 e. The molecule has 0 radical (unpaired) electrons. The molecule has 0 fully saturated rings. The van der Waals surface area contributed by atoms with Gasteiger partial charge in [-0.25, -0.2) is 4.68 Å². The zero-order valence-corrected chi connectivity index (χ0v) is 15.4. The number of para-hydroxylation sites is 1. The number of hydrogen-bond acceptors (Lipinski definition) is 7. The smallest absolute Gasteiger partial charge is 0.269 e. The number of methoxy groups -OCH3 is 2. The number of ether oxygens (including phenoxy) is 2. The van der Waals surface area contributed by atoms with Gasteiger partial charge in [0, 0.05) is 17.7 Å². The third-order valence-corrected chi connectivity index (χ3v) is 4.91. The number of non-ortho nitro benzene ring substituents is 1. The number of nitrogens with one attached hydrogen (secondary N) is 1. The first kappa shape index (κ1) is 17.8. The average Bonchev–Trinajstić information content (AvgIpc) is 3.21. The first-order valence-corrected chi connectivity index (χ1v) is 8.73. The molecule has 3 aromatic rings. The molecule has 1 N–H and O–H groups in total. The maximum Gasteiger partial charge on any atom is 0.269 e. The van der Waals surface area contributed by atoms with Crippen LogP contribution in [-0.2, 0) is 0 Å². The minimum absolute atomic E-state index is 0.0573. The van der Waals surface area contributed by atoms with E-state index in [0.29, 0.717) is 23.9 Å². The molecule has 0 unspecified atom stereocenters. The number of anilines is 1. The van der Waals surface area contributed by atoms with Gasteiger partial charge in [0.15, 0.2) is 11.5 Å². The van der Waals surface area contributed by atoms with Crippen molar-refractivity contribution in [3.63, 3.8) is 0 Å². The number of nitro benzene ring substituents is 1. The lowest BCUT2D eigenvalue weighted by molar-refractivity contribution is -0.384. The predicted molar refractivity (Wildman–Crippen MR) is 102 cm³/mol. The van der Waals surface area contributed by atoms with Gasteiger partial charge in [-0.15, -0.1) is 0 Å². The van der Waals surface area contributed by atoms with Crippen LogP contribution in [0.1, 0.15) is 29.6 Å². The first-order valence-electron chi connectivity index (χ1n) is 8.73. The number of rotatable bonds is 5. The van der Waals surface area contributed by atoms with Gasteiger partial charge in [0.05, 0.1) is 31.2 Å². The zero-order valence-electron chi connectivity index (χ0n) is 15.4. The second-order valence-corrected chi connectivity index (χ2v) is 6.41. The Morgan fingerprint density at radius 1 is 1.21 bits per heavy atom. The predicted octanol–water partition coefficient (Wildman–Crippen LogP) is 3.35. The van der Waals surface area contributed by atoms with Gasteiger partial charge in [0.1, 0.15) is 6.33 Å². The van der Waals surface area contributed by atoms with Crippen LogP contribution in [0.25, 0.3) is 0 Å². The standard InChI is InChI=1S/C19H19N5O4/c1-27-17-8-4-7-14(18(17)28-2)16-10-15(22-19-20-11-21-23(16)19)12-5-3-6-13(9-12)24(25)26/h3-9,11,15-16H,10H2,1-2H3,(H,20,21,22)/t15-,16+/m0/s1. The zero-order chi connectivity index (χ0) is 19.7. The summed E-state index contributed by atoms with van der Waals surface area (Å²) < 4.78 is 12.8. The van der Waals surface area contributed by atoms with Gasteiger partial charge in [-0.3, -0.25) is 10.1 Å². The molecule has 28 heavy (non-hydrogen) atoms. The average molecular weight is 381 g/mol. The normalized spacial score (nSPS) is 18.1. The number of nitro groups is 1. The molecule has 0 amide bonds. The van der Waals surface area contributed by atoms with E-state index in [1.54, 1.807) is 31.0 Å². The highest BCUT2D eigenvalue weighted by molar-refractivity contribution is 5.50. The van der Waals surface area contributed by atoms with Crippen molar-refractivity contribution in [2.24, 2.45) is 0 Å². The van der Waals surface area contributed by atoms with E-state index in [2.05, 4.69) is 15.4 Å². The second kappa shape index (κ2) is 7.18. The fraction of sp³-hybridized carbons (Fsp3) is 0.263. The van der Waals surface area contributed by atoms with Crippen molar-refractivity contribution in [3.8, 4) is 11.5 Å². The molecule has 1 aromatic heterocycles. The highest BCUT2D eigenvalue weighted by atomic mass is 16.6. The lowest BCUT2D eigenvalue weighted by atomic mass is 9.92. The van der Waals surface area contributed by atoms with Gasteiger partial charge >= 0.3 is 0 Å². The molecule has 9 heteroatoms. The van der Waals surface area contributed by atoms with Gasteiger partial charge in [0.25, 0.3) is 5.69 Å². The summed E-state index contributed by atoms with van der Waals surface area (Å²) in [5.74, 6) is 1.86. The number of hydrogen-bond donors (Lipinski definition) is 1. The number of fused-ring (bicyclic) bond motifs is 1. The Bertz CT molecular complexity index is 1020. The van der Waals surface area contributed by atoms with E-state index < -0.39 is 4.92 Å². The highest BCUT2D eigenvalue weighted by Gasteiger charge is 2.32. The molecule has 2 atom stereocenters. The second-order valence-electron chi connectivity index (χ2n) is 6.41.